The van der Waals surface area contributed by atoms with Gasteiger partial charge < -0.3 is 0 Å². The van der Waals surface area contributed by atoms with Gasteiger partial charge in [0.1, 0.15) is 0 Å². The molecule has 11 aromatic rings. The van der Waals surface area contributed by atoms with Crippen molar-refractivity contribution in [3.8, 4) is 67.9 Å². The van der Waals surface area contributed by atoms with E-state index in [4.69, 9.17) is 24.9 Å². The number of fused-ring (bicyclic) bond motifs is 6. The Morgan fingerprint density at radius 3 is 1.55 bits per heavy atom. The molecule has 262 valence electrons. The largest absolute Gasteiger partial charge is 0.226 e. The third-order valence-electron chi connectivity index (χ3n) is 10.2. The molecule has 0 unspecified atom stereocenters. The zero-order valence-electron chi connectivity index (χ0n) is 29.8. The molecule has 0 amide bonds. The van der Waals surface area contributed by atoms with Crippen molar-refractivity contribution in [2.75, 3.05) is 0 Å². The Bertz CT molecular complexity index is 3190. The number of thiophene rings is 2. The molecule has 7 heteroatoms. The molecule has 56 heavy (non-hydrogen) atoms. The monoisotopic (exact) mass is 751 g/mol. The van der Waals surface area contributed by atoms with E-state index in [1.54, 1.807) is 22.7 Å². The molecule has 0 aliphatic carbocycles. The molecule has 7 aromatic carbocycles. The van der Waals surface area contributed by atoms with E-state index < -0.39 is 0 Å². The molecule has 4 aromatic heterocycles. The molecule has 4 heterocycles. The summed E-state index contributed by atoms with van der Waals surface area (Å²) in [5.74, 6) is 2.65. The van der Waals surface area contributed by atoms with Crippen LogP contribution in [0.25, 0.3) is 108 Å². The Morgan fingerprint density at radius 1 is 0.304 bits per heavy atom. The van der Waals surface area contributed by atoms with Crippen molar-refractivity contribution in [2.24, 2.45) is 0 Å². The molecule has 0 aliphatic rings. The second-order valence-electron chi connectivity index (χ2n) is 13.7. The number of hydrogen-bond acceptors (Lipinski definition) is 7. The molecule has 0 radical (unpaired) electrons. The van der Waals surface area contributed by atoms with Crippen LogP contribution in [0.2, 0.25) is 0 Å². The average molecular weight is 752 g/mol. The van der Waals surface area contributed by atoms with Crippen molar-refractivity contribution in [1.82, 2.24) is 24.9 Å². The Morgan fingerprint density at radius 2 is 0.821 bits per heavy atom. The lowest BCUT2D eigenvalue weighted by Gasteiger charge is -2.10. The maximum Gasteiger partial charge on any atom is 0.164 e. The molecule has 0 saturated carbocycles. The van der Waals surface area contributed by atoms with Crippen molar-refractivity contribution in [1.29, 1.82) is 0 Å². The highest BCUT2D eigenvalue weighted by atomic mass is 32.1. The van der Waals surface area contributed by atoms with Crippen LogP contribution in [0.1, 0.15) is 0 Å². The molecule has 0 aliphatic heterocycles. The average Bonchev–Trinajstić information content (AvgIpc) is 3.85. The predicted octanol–water partition coefficient (Wildman–Crippen LogP) is 13.4. The first-order valence-electron chi connectivity index (χ1n) is 18.4. The third-order valence-corrected chi connectivity index (χ3v) is 12.5. The van der Waals surface area contributed by atoms with Crippen LogP contribution in [0.3, 0.4) is 0 Å². The SMILES string of the molecule is c1ccc(-c2cccc(-c3nc(-c4cccc5c4sc4ccc(-c6nc(-c7ccccc7)nc(-c7ccccc7)n6)cc45)c4sc5ccccc5c4n3)c2)cc1. The van der Waals surface area contributed by atoms with E-state index in [1.807, 2.05) is 66.7 Å². The zero-order chi connectivity index (χ0) is 37.0. The van der Waals surface area contributed by atoms with Gasteiger partial charge in [-0.15, -0.1) is 22.7 Å². The second kappa shape index (κ2) is 13.4. The van der Waals surface area contributed by atoms with Gasteiger partial charge in [0.2, 0.25) is 0 Å². The number of aromatic nitrogens is 5. The van der Waals surface area contributed by atoms with Gasteiger partial charge in [0.15, 0.2) is 23.3 Å². The fraction of sp³-hybridized carbons (Fsp3) is 0. The van der Waals surface area contributed by atoms with Crippen LogP contribution in [-0.4, -0.2) is 24.9 Å². The summed E-state index contributed by atoms with van der Waals surface area (Å²) in [6.07, 6.45) is 0. The van der Waals surface area contributed by atoms with Crippen LogP contribution < -0.4 is 0 Å². The molecular formula is C49H29N5S2. The van der Waals surface area contributed by atoms with Crippen molar-refractivity contribution in [3.05, 3.63) is 176 Å². The second-order valence-corrected chi connectivity index (χ2v) is 15.8. The molecular weight excluding hydrogens is 723 g/mol. The number of rotatable bonds is 6. The first-order valence-corrected chi connectivity index (χ1v) is 20.0. The summed E-state index contributed by atoms with van der Waals surface area (Å²) in [7, 11) is 0. The third kappa shape index (κ3) is 5.64. The minimum Gasteiger partial charge on any atom is -0.226 e. The summed E-state index contributed by atoms with van der Waals surface area (Å²) in [4.78, 5) is 25.6. The summed E-state index contributed by atoms with van der Waals surface area (Å²) < 4.78 is 4.66. The van der Waals surface area contributed by atoms with Crippen LogP contribution in [-0.2, 0) is 0 Å². The molecule has 11 rings (SSSR count). The minimum atomic E-state index is 0.639. The zero-order valence-corrected chi connectivity index (χ0v) is 31.4. The minimum absolute atomic E-state index is 0.639. The van der Waals surface area contributed by atoms with Gasteiger partial charge in [0.05, 0.1) is 15.9 Å². The van der Waals surface area contributed by atoms with Gasteiger partial charge in [-0.3, -0.25) is 0 Å². The smallest absolute Gasteiger partial charge is 0.164 e. The van der Waals surface area contributed by atoms with Crippen LogP contribution in [0, 0.1) is 0 Å². The van der Waals surface area contributed by atoms with E-state index in [9.17, 15) is 0 Å². The van der Waals surface area contributed by atoms with Gasteiger partial charge in [0, 0.05) is 58.1 Å². The first kappa shape index (κ1) is 32.5. The Balaban J connectivity index is 1.09. The van der Waals surface area contributed by atoms with Gasteiger partial charge >= 0.3 is 0 Å². The normalized spacial score (nSPS) is 11.6. The number of nitrogens with zero attached hydrogens (tertiary/aromatic N) is 5. The van der Waals surface area contributed by atoms with Gasteiger partial charge in [-0.1, -0.05) is 146 Å². The van der Waals surface area contributed by atoms with Crippen molar-refractivity contribution < 1.29 is 0 Å². The Hall–Kier alpha value is -6.93. The van der Waals surface area contributed by atoms with E-state index in [-0.39, 0.29) is 0 Å². The van der Waals surface area contributed by atoms with E-state index in [2.05, 4.69) is 109 Å². The fourth-order valence-electron chi connectivity index (χ4n) is 7.43. The van der Waals surface area contributed by atoms with Gasteiger partial charge in [-0.2, -0.15) is 0 Å². The summed E-state index contributed by atoms with van der Waals surface area (Å²) >= 11 is 3.55. The topological polar surface area (TPSA) is 64.5 Å². The Kier molecular flexibility index (Phi) is 7.79. The maximum atomic E-state index is 5.41. The van der Waals surface area contributed by atoms with Gasteiger partial charge in [-0.05, 0) is 41.5 Å². The molecule has 0 saturated heterocycles. The number of benzene rings is 7. The van der Waals surface area contributed by atoms with Crippen molar-refractivity contribution in [3.63, 3.8) is 0 Å². The lowest BCUT2D eigenvalue weighted by atomic mass is 10.0. The van der Waals surface area contributed by atoms with Crippen molar-refractivity contribution >= 4 is 63.1 Å². The van der Waals surface area contributed by atoms with Crippen LogP contribution in [0.15, 0.2) is 176 Å². The lowest BCUT2D eigenvalue weighted by Crippen LogP contribution is -2.00. The summed E-state index contributed by atoms with van der Waals surface area (Å²) in [5, 5.41) is 3.47. The standard InChI is InChI=1S/C49H29N5S2/c1-4-14-30(15-5-1)33-20-12-21-34(28-33)48-50-42-37-22-10-11-25-40(37)56-45(42)43(51-48)38-24-13-23-36-39-29-35(26-27-41(39)55-44(36)38)49-53-46(31-16-6-2-7-17-31)52-47(54-49)32-18-8-3-9-19-32/h1-29H. The van der Waals surface area contributed by atoms with E-state index >= 15 is 0 Å². The van der Waals surface area contributed by atoms with Crippen LogP contribution in [0.4, 0.5) is 0 Å². The summed E-state index contributed by atoms with van der Waals surface area (Å²) in [6, 6.07) is 60.9. The molecule has 0 fully saturated rings. The highest BCUT2D eigenvalue weighted by Crippen LogP contribution is 2.45. The van der Waals surface area contributed by atoms with Crippen LogP contribution >= 0.6 is 22.7 Å². The predicted molar refractivity (Wildman–Crippen MR) is 234 cm³/mol. The molecule has 0 spiro atoms. The van der Waals surface area contributed by atoms with Gasteiger partial charge in [0.25, 0.3) is 0 Å². The first-order chi connectivity index (χ1) is 27.7. The quantitative estimate of drug-likeness (QED) is 0.169. The van der Waals surface area contributed by atoms with E-state index in [1.165, 1.54) is 19.5 Å². The van der Waals surface area contributed by atoms with Gasteiger partial charge in [-0.25, -0.2) is 24.9 Å². The molecule has 0 bridgehead atoms. The highest BCUT2D eigenvalue weighted by Gasteiger charge is 2.21. The number of hydrogen-bond donors (Lipinski definition) is 0. The van der Waals surface area contributed by atoms with Crippen molar-refractivity contribution in [2.45, 2.75) is 0 Å². The van der Waals surface area contributed by atoms with Crippen LogP contribution in [0.5, 0.6) is 0 Å². The highest BCUT2D eigenvalue weighted by molar-refractivity contribution is 7.27. The molecule has 5 nitrogen and oxygen atoms in total. The lowest BCUT2D eigenvalue weighted by molar-refractivity contribution is 1.07. The van der Waals surface area contributed by atoms with E-state index in [0.717, 1.165) is 65.6 Å². The summed E-state index contributed by atoms with van der Waals surface area (Å²) in [6.45, 7) is 0. The fourth-order valence-corrected chi connectivity index (χ4v) is 9.78. The molecule has 0 atom stereocenters. The summed E-state index contributed by atoms with van der Waals surface area (Å²) in [5.41, 5.74) is 9.15. The maximum absolute atomic E-state index is 5.41. The van der Waals surface area contributed by atoms with E-state index in [0.29, 0.717) is 23.3 Å². The Labute approximate surface area is 330 Å². The molecule has 0 N–H and O–H groups in total.